The van der Waals surface area contributed by atoms with Gasteiger partial charge in [-0.1, -0.05) is 18.2 Å². The molecule has 1 aliphatic rings. The van der Waals surface area contributed by atoms with Gasteiger partial charge in [0, 0.05) is 17.2 Å². The summed E-state index contributed by atoms with van der Waals surface area (Å²) in [4.78, 5) is 8.31. The molecule has 0 aliphatic carbocycles. The van der Waals surface area contributed by atoms with E-state index in [0.717, 1.165) is 11.1 Å². The van der Waals surface area contributed by atoms with Crippen LogP contribution in [-0.4, -0.2) is 9.97 Å². The molecular formula is C18H13N5O. The molecular weight excluding hydrogens is 302 g/mol. The first-order valence-corrected chi connectivity index (χ1v) is 7.35. The van der Waals surface area contributed by atoms with Gasteiger partial charge in [-0.3, -0.25) is 0 Å². The lowest BCUT2D eigenvalue weighted by molar-refractivity contribution is 0.432. The van der Waals surface area contributed by atoms with Crippen LogP contribution in [0.3, 0.4) is 0 Å². The lowest BCUT2D eigenvalue weighted by atomic mass is 9.83. The number of benzene rings is 2. The molecule has 4 rings (SSSR count). The zero-order valence-corrected chi connectivity index (χ0v) is 12.6. The Morgan fingerprint density at radius 2 is 1.96 bits per heavy atom. The van der Waals surface area contributed by atoms with Crippen molar-refractivity contribution in [2.75, 3.05) is 11.5 Å². The van der Waals surface area contributed by atoms with E-state index in [1.807, 2.05) is 30.3 Å². The third kappa shape index (κ3) is 2.11. The lowest BCUT2D eigenvalue weighted by Crippen LogP contribution is -2.16. The monoisotopic (exact) mass is 315 g/mol. The maximum atomic E-state index is 9.13. The number of hydrogen-bond donors (Lipinski definition) is 2. The van der Waals surface area contributed by atoms with E-state index in [4.69, 9.17) is 21.5 Å². The van der Waals surface area contributed by atoms with Crippen LogP contribution in [0, 0.1) is 11.3 Å². The van der Waals surface area contributed by atoms with E-state index in [0.29, 0.717) is 34.3 Å². The van der Waals surface area contributed by atoms with Gasteiger partial charge in [-0.05, 0) is 29.8 Å². The second kappa shape index (κ2) is 5.25. The summed E-state index contributed by atoms with van der Waals surface area (Å²) in [7, 11) is 0. The summed E-state index contributed by atoms with van der Waals surface area (Å²) in [6, 6.07) is 15.0. The number of aromatic nitrogens is 2. The van der Waals surface area contributed by atoms with Crippen molar-refractivity contribution < 1.29 is 4.74 Å². The Kier molecular flexibility index (Phi) is 3.07. The predicted octanol–water partition coefficient (Wildman–Crippen LogP) is 2.80. The number of rotatable bonds is 1. The van der Waals surface area contributed by atoms with Gasteiger partial charge in [-0.25, -0.2) is 9.97 Å². The van der Waals surface area contributed by atoms with Crippen LogP contribution in [0.4, 0.5) is 11.5 Å². The summed E-state index contributed by atoms with van der Waals surface area (Å²) >= 11 is 0. The Morgan fingerprint density at radius 3 is 2.75 bits per heavy atom. The Hall–Kier alpha value is -3.59. The van der Waals surface area contributed by atoms with E-state index in [-0.39, 0.29) is 5.92 Å². The molecule has 24 heavy (non-hydrogen) atoms. The molecule has 2 heterocycles. The van der Waals surface area contributed by atoms with Crippen LogP contribution in [-0.2, 0) is 0 Å². The molecule has 116 valence electrons. The summed E-state index contributed by atoms with van der Waals surface area (Å²) in [5.74, 6) is 1.15. The quantitative estimate of drug-likeness (QED) is 0.522. The van der Waals surface area contributed by atoms with Crippen molar-refractivity contribution in [1.29, 1.82) is 5.26 Å². The fourth-order valence-corrected chi connectivity index (χ4v) is 3.02. The van der Waals surface area contributed by atoms with Gasteiger partial charge < -0.3 is 16.2 Å². The van der Waals surface area contributed by atoms with Crippen molar-refractivity contribution in [2.45, 2.75) is 5.92 Å². The van der Waals surface area contributed by atoms with Crippen LogP contribution in [0.5, 0.6) is 11.6 Å². The molecule has 0 fully saturated rings. The van der Waals surface area contributed by atoms with Gasteiger partial charge >= 0.3 is 0 Å². The molecule has 1 atom stereocenters. The number of nitrogens with two attached hydrogens (primary N) is 2. The number of fused-ring (bicyclic) bond motifs is 2. The summed E-state index contributed by atoms with van der Waals surface area (Å²) in [5.41, 5.74) is 15.8. The number of nitriles is 1. The smallest absolute Gasteiger partial charge is 0.228 e. The molecule has 0 saturated heterocycles. The second-order valence-electron chi connectivity index (χ2n) is 5.55. The van der Waals surface area contributed by atoms with E-state index >= 15 is 0 Å². The summed E-state index contributed by atoms with van der Waals surface area (Å²) in [6.45, 7) is 0. The zero-order chi connectivity index (χ0) is 16.7. The van der Waals surface area contributed by atoms with Crippen molar-refractivity contribution in [3.05, 3.63) is 71.0 Å². The van der Waals surface area contributed by atoms with Gasteiger partial charge in [-0.15, -0.1) is 0 Å². The Balaban J connectivity index is 2.00. The standard InChI is InChI=1S/C18H13N5O/c19-8-10-4-5-13-14(6-10)24-18-16(17(21)22-9-23-18)15(13)11-2-1-3-12(20)7-11/h1-7,9,15H,20H2,(H2,21,22,23). The number of ether oxygens (including phenoxy) is 1. The van der Waals surface area contributed by atoms with Gasteiger partial charge in [0.1, 0.15) is 17.9 Å². The molecule has 0 amide bonds. The number of nitrogen functional groups attached to an aromatic ring is 2. The van der Waals surface area contributed by atoms with Crippen molar-refractivity contribution in [3.63, 3.8) is 0 Å². The van der Waals surface area contributed by atoms with Crippen LogP contribution >= 0.6 is 0 Å². The van der Waals surface area contributed by atoms with Crippen molar-refractivity contribution in [1.82, 2.24) is 9.97 Å². The van der Waals surface area contributed by atoms with Crippen molar-refractivity contribution in [2.24, 2.45) is 0 Å². The SMILES string of the molecule is N#Cc1ccc2c(c1)Oc1ncnc(N)c1C2c1cccc(N)c1. The average Bonchev–Trinajstić information content (AvgIpc) is 2.59. The normalized spacial score (nSPS) is 14.9. The molecule has 0 bridgehead atoms. The van der Waals surface area contributed by atoms with Gasteiger partial charge in [0.15, 0.2) is 0 Å². The fourth-order valence-electron chi connectivity index (χ4n) is 3.02. The maximum Gasteiger partial charge on any atom is 0.228 e. The second-order valence-corrected chi connectivity index (χ2v) is 5.55. The largest absolute Gasteiger partial charge is 0.438 e. The van der Waals surface area contributed by atoms with Crippen LogP contribution in [0.25, 0.3) is 0 Å². The molecule has 1 aromatic heterocycles. The van der Waals surface area contributed by atoms with Crippen LogP contribution < -0.4 is 16.2 Å². The Bertz CT molecular complexity index is 993. The van der Waals surface area contributed by atoms with Gasteiger partial charge in [0.2, 0.25) is 5.88 Å². The van der Waals surface area contributed by atoms with Gasteiger partial charge in [0.25, 0.3) is 0 Å². The molecule has 3 aromatic rings. The first-order chi connectivity index (χ1) is 11.7. The molecule has 6 nitrogen and oxygen atoms in total. The van der Waals surface area contributed by atoms with Crippen molar-refractivity contribution >= 4 is 11.5 Å². The minimum absolute atomic E-state index is 0.207. The third-order valence-corrected chi connectivity index (χ3v) is 4.07. The molecule has 2 aromatic carbocycles. The number of nitrogens with zero attached hydrogens (tertiary/aromatic N) is 3. The molecule has 0 spiro atoms. The lowest BCUT2D eigenvalue weighted by Gasteiger charge is -2.28. The van der Waals surface area contributed by atoms with E-state index < -0.39 is 0 Å². The molecule has 1 unspecified atom stereocenters. The highest BCUT2D eigenvalue weighted by Crippen LogP contribution is 2.48. The minimum Gasteiger partial charge on any atom is -0.438 e. The highest BCUT2D eigenvalue weighted by molar-refractivity contribution is 5.64. The van der Waals surface area contributed by atoms with Crippen LogP contribution in [0.15, 0.2) is 48.8 Å². The zero-order valence-electron chi connectivity index (χ0n) is 12.6. The van der Waals surface area contributed by atoms with Crippen LogP contribution in [0.2, 0.25) is 0 Å². The summed E-state index contributed by atoms with van der Waals surface area (Å²) in [5, 5.41) is 9.13. The third-order valence-electron chi connectivity index (χ3n) is 4.07. The minimum atomic E-state index is -0.207. The Labute approximate surface area is 138 Å². The van der Waals surface area contributed by atoms with E-state index in [2.05, 4.69) is 16.0 Å². The van der Waals surface area contributed by atoms with Crippen molar-refractivity contribution in [3.8, 4) is 17.7 Å². The highest BCUT2D eigenvalue weighted by atomic mass is 16.5. The van der Waals surface area contributed by atoms with Gasteiger partial charge in [-0.2, -0.15) is 5.26 Å². The summed E-state index contributed by atoms with van der Waals surface area (Å²) in [6.07, 6.45) is 1.36. The topological polar surface area (TPSA) is 111 Å². The predicted molar refractivity (Wildman–Crippen MR) is 89.5 cm³/mol. The number of hydrogen-bond acceptors (Lipinski definition) is 6. The van der Waals surface area contributed by atoms with Gasteiger partial charge in [0.05, 0.1) is 17.2 Å². The highest BCUT2D eigenvalue weighted by Gasteiger charge is 2.32. The maximum absolute atomic E-state index is 9.13. The number of anilines is 2. The van der Waals surface area contributed by atoms with Crippen LogP contribution in [0.1, 0.15) is 28.2 Å². The molecule has 0 radical (unpaired) electrons. The first kappa shape index (κ1) is 14.0. The first-order valence-electron chi connectivity index (χ1n) is 7.35. The molecule has 1 aliphatic heterocycles. The molecule has 0 saturated carbocycles. The van der Waals surface area contributed by atoms with E-state index in [1.54, 1.807) is 12.1 Å². The Morgan fingerprint density at radius 1 is 1.08 bits per heavy atom. The van der Waals surface area contributed by atoms with E-state index in [9.17, 15) is 0 Å². The molecule has 6 heteroatoms. The van der Waals surface area contributed by atoms with E-state index in [1.165, 1.54) is 6.33 Å². The molecule has 4 N–H and O–H groups in total. The average molecular weight is 315 g/mol. The fraction of sp³-hybridized carbons (Fsp3) is 0.0556. The summed E-state index contributed by atoms with van der Waals surface area (Å²) < 4.78 is 5.87.